The van der Waals surface area contributed by atoms with Crippen molar-refractivity contribution in [3.05, 3.63) is 35.5 Å². The molecule has 0 radical (unpaired) electrons. The van der Waals surface area contributed by atoms with Crippen molar-refractivity contribution >= 4 is 29.3 Å². The summed E-state index contributed by atoms with van der Waals surface area (Å²) in [6.07, 6.45) is 3.42. The van der Waals surface area contributed by atoms with Crippen molar-refractivity contribution in [3.63, 3.8) is 0 Å². The molecule has 4 nitrogen and oxygen atoms in total. The van der Waals surface area contributed by atoms with Crippen molar-refractivity contribution in [2.45, 2.75) is 38.3 Å². The minimum atomic E-state index is -0.733. The fraction of sp³-hybridized carbons (Fsp3) is 0.471. The molecule has 0 aliphatic heterocycles. The van der Waals surface area contributed by atoms with Gasteiger partial charge in [-0.3, -0.25) is 4.79 Å². The summed E-state index contributed by atoms with van der Waals surface area (Å²) < 4.78 is 2.23. The van der Waals surface area contributed by atoms with Gasteiger partial charge in [0.1, 0.15) is 0 Å². The molecular weight excluding hydrogens is 300 g/mol. The molecule has 0 amide bonds. The van der Waals surface area contributed by atoms with Crippen molar-refractivity contribution in [3.8, 4) is 0 Å². The Morgan fingerprint density at radius 3 is 2.77 bits per heavy atom. The van der Waals surface area contributed by atoms with E-state index < -0.39 is 5.97 Å². The van der Waals surface area contributed by atoms with E-state index in [-0.39, 0.29) is 18.8 Å². The number of aliphatic carboxylic acids is 1. The Hall–Kier alpha value is -1.52. The molecule has 1 aliphatic carbocycles. The minimum absolute atomic E-state index is 0. The second kappa shape index (κ2) is 6.71. The highest BCUT2D eigenvalue weighted by Crippen LogP contribution is 2.33. The zero-order valence-electron chi connectivity index (χ0n) is 13.1. The van der Waals surface area contributed by atoms with Gasteiger partial charge in [0, 0.05) is 29.2 Å². The van der Waals surface area contributed by atoms with E-state index in [9.17, 15) is 4.79 Å². The Morgan fingerprint density at radius 2 is 2.09 bits per heavy atom. The first-order chi connectivity index (χ1) is 10.1. The topological polar surface area (TPSA) is 45.5 Å². The van der Waals surface area contributed by atoms with Gasteiger partial charge in [-0.25, -0.2) is 0 Å². The highest BCUT2D eigenvalue weighted by Gasteiger charge is 2.26. The molecule has 1 aromatic carbocycles. The predicted molar refractivity (Wildman–Crippen MR) is 90.9 cm³/mol. The second-order valence-corrected chi connectivity index (χ2v) is 6.10. The van der Waals surface area contributed by atoms with Crippen LogP contribution in [-0.2, 0) is 24.2 Å². The third kappa shape index (κ3) is 2.99. The average Bonchev–Trinajstić information content (AvgIpc) is 2.78. The molecule has 1 heterocycles. The van der Waals surface area contributed by atoms with E-state index in [1.807, 2.05) is 6.07 Å². The lowest BCUT2D eigenvalue weighted by Crippen LogP contribution is -2.33. The number of hydrogen-bond acceptors (Lipinski definition) is 2. The largest absolute Gasteiger partial charge is 0.481 e. The van der Waals surface area contributed by atoms with Crippen LogP contribution in [0.15, 0.2) is 24.3 Å². The maximum absolute atomic E-state index is 10.9. The first kappa shape index (κ1) is 16.8. The van der Waals surface area contributed by atoms with Gasteiger partial charge in [0.2, 0.25) is 0 Å². The van der Waals surface area contributed by atoms with Crippen LogP contribution >= 0.6 is 12.4 Å². The number of carboxylic acids is 1. The summed E-state index contributed by atoms with van der Waals surface area (Å²) in [6, 6.07) is 8.97. The van der Waals surface area contributed by atoms with Gasteiger partial charge in [-0.05, 0) is 45.0 Å². The normalized spacial score (nSPS) is 17.3. The zero-order chi connectivity index (χ0) is 15.0. The van der Waals surface area contributed by atoms with Gasteiger partial charge in [0.25, 0.3) is 0 Å². The first-order valence-corrected chi connectivity index (χ1v) is 7.55. The molecular formula is C17H23ClN2O2. The first-order valence-electron chi connectivity index (χ1n) is 7.55. The number of rotatable bonds is 4. The van der Waals surface area contributed by atoms with Crippen molar-refractivity contribution in [1.29, 1.82) is 0 Å². The zero-order valence-corrected chi connectivity index (χ0v) is 13.9. The lowest BCUT2D eigenvalue weighted by Gasteiger charge is -2.29. The van der Waals surface area contributed by atoms with E-state index in [2.05, 4.69) is 41.8 Å². The smallest absolute Gasteiger partial charge is 0.305 e. The molecule has 3 rings (SSSR count). The Balaban J connectivity index is 0.00000176. The Kier molecular flexibility index (Phi) is 5.14. The number of hydrogen-bond donors (Lipinski definition) is 1. The second-order valence-electron chi connectivity index (χ2n) is 6.10. The lowest BCUT2D eigenvalue weighted by molar-refractivity contribution is -0.137. The molecule has 2 aromatic rings. The number of aryl methyl sites for hydroxylation is 1. The number of carbonyl (C=O) groups is 1. The highest BCUT2D eigenvalue weighted by molar-refractivity contribution is 5.86. The Morgan fingerprint density at radius 1 is 1.36 bits per heavy atom. The molecule has 120 valence electrons. The molecule has 0 spiro atoms. The van der Waals surface area contributed by atoms with E-state index in [0.717, 1.165) is 19.3 Å². The molecule has 1 N–H and O–H groups in total. The SMILES string of the molecule is CN(C)C1CCc2c(c3ccccc3n2CCC(=O)O)C1.Cl. The van der Waals surface area contributed by atoms with Crippen LogP contribution in [0, 0.1) is 0 Å². The summed E-state index contributed by atoms with van der Waals surface area (Å²) in [5, 5.41) is 10.3. The molecule has 0 fully saturated rings. The quantitative estimate of drug-likeness (QED) is 0.941. The van der Waals surface area contributed by atoms with Gasteiger partial charge < -0.3 is 14.6 Å². The van der Waals surface area contributed by atoms with Crippen LogP contribution in [0.5, 0.6) is 0 Å². The lowest BCUT2D eigenvalue weighted by atomic mass is 9.91. The maximum Gasteiger partial charge on any atom is 0.305 e. The number of carboxylic acid groups (broad SMARTS) is 1. The monoisotopic (exact) mass is 322 g/mol. The summed E-state index contributed by atoms with van der Waals surface area (Å²) in [4.78, 5) is 13.2. The summed E-state index contributed by atoms with van der Waals surface area (Å²) in [7, 11) is 4.28. The average molecular weight is 323 g/mol. The molecule has 1 aliphatic rings. The summed E-state index contributed by atoms with van der Waals surface area (Å²) in [6.45, 7) is 0.567. The number of benzene rings is 1. The van der Waals surface area contributed by atoms with Gasteiger partial charge in [-0.2, -0.15) is 0 Å². The van der Waals surface area contributed by atoms with Crippen LogP contribution in [0.3, 0.4) is 0 Å². The molecule has 0 saturated carbocycles. The third-order valence-corrected chi connectivity index (χ3v) is 4.63. The van der Waals surface area contributed by atoms with Crippen LogP contribution in [0.1, 0.15) is 24.1 Å². The predicted octanol–water partition coefficient (Wildman–Crippen LogP) is 2.96. The maximum atomic E-state index is 10.9. The Labute approximate surface area is 137 Å². The number of nitrogens with zero attached hydrogens (tertiary/aromatic N) is 2. The minimum Gasteiger partial charge on any atom is -0.481 e. The van der Waals surface area contributed by atoms with Crippen LogP contribution in [0.2, 0.25) is 0 Å². The highest BCUT2D eigenvalue weighted by atomic mass is 35.5. The number of para-hydroxylation sites is 1. The van der Waals surface area contributed by atoms with Crippen molar-refractivity contribution in [2.24, 2.45) is 0 Å². The van der Waals surface area contributed by atoms with Crippen LogP contribution < -0.4 is 0 Å². The number of fused-ring (bicyclic) bond motifs is 3. The Bertz CT molecular complexity index is 679. The van der Waals surface area contributed by atoms with Gasteiger partial charge in [0.05, 0.1) is 6.42 Å². The van der Waals surface area contributed by atoms with Crippen molar-refractivity contribution < 1.29 is 9.90 Å². The molecule has 5 heteroatoms. The van der Waals surface area contributed by atoms with Crippen LogP contribution in [0.4, 0.5) is 0 Å². The van der Waals surface area contributed by atoms with E-state index >= 15 is 0 Å². The number of likely N-dealkylation sites (N-methyl/N-ethyl adjacent to an activating group) is 1. The van der Waals surface area contributed by atoms with E-state index in [0.29, 0.717) is 12.6 Å². The van der Waals surface area contributed by atoms with E-state index in [1.165, 1.54) is 22.2 Å². The van der Waals surface area contributed by atoms with Gasteiger partial charge in [0.15, 0.2) is 0 Å². The fourth-order valence-electron chi connectivity index (χ4n) is 3.49. The van der Waals surface area contributed by atoms with Crippen LogP contribution in [-0.4, -0.2) is 40.7 Å². The van der Waals surface area contributed by atoms with Crippen LogP contribution in [0.25, 0.3) is 10.9 Å². The van der Waals surface area contributed by atoms with E-state index in [4.69, 9.17) is 5.11 Å². The summed E-state index contributed by atoms with van der Waals surface area (Å²) in [5.74, 6) is -0.733. The van der Waals surface area contributed by atoms with Crippen molar-refractivity contribution in [1.82, 2.24) is 9.47 Å². The molecule has 1 aromatic heterocycles. The third-order valence-electron chi connectivity index (χ3n) is 4.63. The number of aromatic nitrogens is 1. The van der Waals surface area contributed by atoms with Gasteiger partial charge >= 0.3 is 5.97 Å². The van der Waals surface area contributed by atoms with E-state index in [1.54, 1.807) is 0 Å². The summed E-state index contributed by atoms with van der Waals surface area (Å²) >= 11 is 0. The summed E-state index contributed by atoms with van der Waals surface area (Å²) in [5.41, 5.74) is 3.94. The molecule has 22 heavy (non-hydrogen) atoms. The molecule has 0 saturated heterocycles. The molecule has 1 atom stereocenters. The van der Waals surface area contributed by atoms with Crippen molar-refractivity contribution in [2.75, 3.05) is 14.1 Å². The van der Waals surface area contributed by atoms with Gasteiger partial charge in [-0.1, -0.05) is 18.2 Å². The van der Waals surface area contributed by atoms with Gasteiger partial charge in [-0.15, -0.1) is 12.4 Å². The fourth-order valence-corrected chi connectivity index (χ4v) is 3.49. The standard InChI is InChI=1S/C17H22N2O2.ClH/c1-18(2)12-7-8-16-14(11-12)13-5-3-4-6-15(13)19(16)10-9-17(20)21;/h3-6,12H,7-11H2,1-2H3,(H,20,21);1H. The molecule has 0 bridgehead atoms. The molecule has 1 unspecified atom stereocenters. The number of halogens is 1.